The number of rotatable bonds is 4. The van der Waals surface area contributed by atoms with Crippen LogP contribution in [0, 0.1) is 0 Å². The Morgan fingerprint density at radius 2 is 1.85 bits per heavy atom. The van der Waals surface area contributed by atoms with Gasteiger partial charge in [-0.2, -0.15) is 0 Å². The molecule has 27 heavy (non-hydrogen) atoms. The molecule has 0 aliphatic heterocycles. The van der Waals surface area contributed by atoms with Crippen molar-refractivity contribution in [3.63, 3.8) is 0 Å². The zero-order chi connectivity index (χ0) is 19.0. The molecule has 4 rings (SSSR count). The lowest BCUT2D eigenvalue weighted by Gasteiger charge is -2.07. The van der Waals surface area contributed by atoms with E-state index in [4.69, 9.17) is 32.4 Å². The number of carbonyl (C=O) groups is 1. The van der Waals surface area contributed by atoms with Crippen molar-refractivity contribution in [3.05, 3.63) is 76.3 Å². The molecule has 0 spiro atoms. The molecule has 0 radical (unpaired) electrons. The van der Waals surface area contributed by atoms with Gasteiger partial charge in [0, 0.05) is 11.1 Å². The first-order chi connectivity index (χ1) is 13.0. The van der Waals surface area contributed by atoms with Crippen molar-refractivity contribution in [3.8, 4) is 23.0 Å². The first-order valence-electron chi connectivity index (χ1n) is 7.87. The predicted octanol–water partition coefficient (Wildman–Crippen LogP) is 6.29. The van der Waals surface area contributed by atoms with Gasteiger partial charge >= 0.3 is 5.97 Å². The number of oxazole rings is 1. The second-order valence-electron chi connectivity index (χ2n) is 5.68. The van der Waals surface area contributed by atoms with Crippen LogP contribution in [0.1, 0.15) is 10.4 Å². The normalized spacial score (nSPS) is 10.9. The fraction of sp³-hybridized carbons (Fsp3) is 0. The number of carboxylic acids is 1. The van der Waals surface area contributed by atoms with E-state index in [9.17, 15) is 9.90 Å². The van der Waals surface area contributed by atoms with Crippen molar-refractivity contribution in [2.45, 2.75) is 0 Å². The molecular weight excluding hydrogens is 389 g/mol. The summed E-state index contributed by atoms with van der Waals surface area (Å²) in [5, 5.41) is 10.2. The average Bonchev–Trinajstić information content (AvgIpc) is 3.07. The highest BCUT2D eigenvalue weighted by Gasteiger charge is 2.16. The van der Waals surface area contributed by atoms with E-state index in [0.29, 0.717) is 38.2 Å². The smallest absolute Gasteiger partial charge is 0.336 e. The summed E-state index contributed by atoms with van der Waals surface area (Å²) in [6.45, 7) is 0. The van der Waals surface area contributed by atoms with Gasteiger partial charge in [-0.25, -0.2) is 9.78 Å². The summed E-state index contributed by atoms with van der Waals surface area (Å²) in [5.74, 6) is 0.135. The number of fused-ring (bicyclic) bond motifs is 1. The van der Waals surface area contributed by atoms with Gasteiger partial charge in [-0.1, -0.05) is 35.3 Å². The van der Waals surface area contributed by atoms with Gasteiger partial charge in [0.15, 0.2) is 5.58 Å². The molecule has 1 heterocycles. The standard InChI is InChI=1S/C20H11Cl2NO4/c21-11-5-8-17(15(22)9-11)26-12-6-7-16-18(10-12)27-19(23-16)13-3-1-2-4-14(13)20(24)25/h1-10H,(H,24,25). The summed E-state index contributed by atoms with van der Waals surface area (Å²) in [6, 6.07) is 16.6. The molecule has 1 aromatic heterocycles. The highest BCUT2D eigenvalue weighted by molar-refractivity contribution is 6.35. The van der Waals surface area contributed by atoms with E-state index < -0.39 is 5.97 Å². The van der Waals surface area contributed by atoms with Crippen LogP contribution in [0.25, 0.3) is 22.6 Å². The van der Waals surface area contributed by atoms with E-state index >= 15 is 0 Å². The number of ether oxygens (including phenoxy) is 1. The summed E-state index contributed by atoms with van der Waals surface area (Å²) < 4.78 is 11.5. The van der Waals surface area contributed by atoms with E-state index in [1.54, 1.807) is 54.6 Å². The number of carboxylic acid groups (broad SMARTS) is 1. The Hall–Kier alpha value is -3.02. The molecule has 0 atom stereocenters. The minimum Gasteiger partial charge on any atom is -0.478 e. The summed E-state index contributed by atoms with van der Waals surface area (Å²) in [7, 11) is 0. The van der Waals surface area contributed by atoms with Crippen LogP contribution in [0.3, 0.4) is 0 Å². The van der Waals surface area contributed by atoms with Crippen LogP contribution in [0.2, 0.25) is 10.0 Å². The van der Waals surface area contributed by atoms with Gasteiger partial charge in [-0.15, -0.1) is 0 Å². The van der Waals surface area contributed by atoms with Crippen LogP contribution in [0.15, 0.2) is 65.1 Å². The molecule has 7 heteroatoms. The minimum atomic E-state index is -1.05. The van der Waals surface area contributed by atoms with Crippen LogP contribution < -0.4 is 4.74 Å². The largest absolute Gasteiger partial charge is 0.478 e. The van der Waals surface area contributed by atoms with E-state index in [1.807, 2.05) is 0 Å². The molecule has 3 aromatic carbocycles. The Balaban J connectivity index is 1.71. The zero-order valence-electron chi connectivity index (χ0n) is 13.6. The van der Waals surface area contributed by atoms with Crippen molar-refractivity contribution in [2.24, 2.45) is 0 Å². The molecule has 0 aliphatic carbocycles. The number of aromatic carboxylic acids is 1. The SMILES string of the molecule is O=C(O)c1ccccc1-c1nc2ccc(Oc3ccc(Cl)cc3Cl)cc2o1. The Kier molecular flexibility index (Phi) is 4.48. The van der Waals surface area contributed by atoms with Crippen molar-refractivity contribution in [1.29, 1.82) is 0 Å². The van der Waals surface area contributed by atoms with Crippen LogP contribution in [-0.2, 0) is 0 Å². The monoisotopic (exact) mass is 399 g/mol. The van der Waals surface area contributed by atoms with E-state index in [0.717, 1.165) is 0 Å². The van der Waals surface area contributed by atoms with E-state index in [-0.39, 0.29) is 11.5 Å². The third kappa shape index (κ3) is 3.47. The minimum absolute atomic E-state index is 0.119. The highest BCUT2D eigenvalue weighted by Crippen LogP contribution is 2.34. The number of halogens is 2. The second kappa shape index (κ2) is 6.95. The summed E-state index contributed by atoms with van der Waals surface area (Å²) in [5.41, 5.74) is 1.57. The Bertz CT molecular complexity index is 1170. The maximum Gasteiger partial charge on any atom is 0.336 e. The van der Waals surface area contributed by atoms with Crippen LogP contribution in [0.5, 0.6) is 11.5 Å². The molecule has 1 N–H and O–H groups in total. The Labute approximate surface area is 163 Å². The van der Waals surface area contributed by atoms with E-state index in [1.165, 1.54) is 6.07 Å². The van der Waals surface area contributed by atoms with Gasteiger partial charge in [0.1, 0.15) is 17.0 Å². The third-order valence-electron chi connectivity index (χ3n) is 3.87. The van der Waals surface area contributed by atoms with Crippen molar-refractivity contribution >= 4 is 40.3 Å². The summed E-state index contributed by atoms with van der Waals surface area (Å²) in [6.07, 6.45) is 0. The first kappa shape index (κ1) is 17.4. The molecule has 0 saturated carbocycles. The van der Waals surface area contributed by atoms with Crippen molar-refractivity contribution in [2.75, 3.05) is 0 Å². The number of benzene rings is 3. The summed E-state index contributed by atoms with van der Waals surface area (Å²) >= 11 is 12.0. The highest BCUT2D eigenvalue weighted by atomic mass is 35.5. The van der Waals surface area contributed by atoms with Crippen molar-refractivity contribution < 1.29 is 19.1 Å². The lowest BCUT2D eigenvalue weighted by atomic mass is 10.1. The molecule has 5 nitrogen and oxygen atoms in total. The molecule has 0 bridgehead atoms. The lowest BCUT2D eigenvalue weighted by Crippen LogP contribution is -1.98. The number of hydrogen-bond acceptors (Lipinski definition) is 4. The molecular formula is C20H11Cl2NO4. The summed E-state index contributed by atoms with van der Waals surface area (Å²) in [4.78, 5) is 15.8. The zero-order valence-corrected chi connectivity index (χ0v) is 15.2. The molecule has 0 fully saturated rings. The van der Waals surface area contributed by atoms with Crippen LogP contribution in [-0.4, -0.2) is 16.1 Å². The topological polar surface area (TPSA) is 72.6 Å². The lowest BCUT2D eigenvalue weighted by molar-refractivity contribution is 0.0697. The maximum absolute atomic E-state index is 11.4. The van der Waals surface area contributed by atoms with Gasteiger partial charge in [0.2, 0.25) is 5.89 Å². The number of hydrogen-bond donors (Lipinski definition) is 1. The molecule has 0 unspecified atom stereocenters. The molecule has 134 valence electrons. The molecule has 0 amide bonds. The fourth-order valence-electron chi connectivity index (χ4n) is 2.62. The maximum atomic E-state index is 11.4. The van der Waals surface area contributed by atoms with Gasteiger partial charge in [-0.3, -0.25) is 0 Å². The van der Waals surface area contributed by atoms with Gasteiger partial charge < -0.3 is 14.3 Å². The third-order valence-corrected chi connectivity index (χ3v) is 4.40. The van der Waals surface area contributed by atoms with Crippen LogP contribution in [0.4, 0.5) is 0 Å². The molecule has 0 aliphatic rings. The molecule has 4 aromatic rings. The number of nitrogens with zero attached hydrogens (tertiary/aromatic N) is 1. The average molecular weight is 400 g/mol. The quantitative estimate of drug-likeness (QED) is 0.436. The Morgan fingerprint density at radius 3 is 2.63 bits per heavy atom. The first-order valence-corrected chi connectivity index (χ1v) is 8.63. The van der Waals surface area contributed by atoms with Gasteiger partial charge in [0.25, 0.3) is 0 Å². The van der Waals surface area contributed by atoms with Crippen LogP contribution >= 0.6 is 23.2 Å². The van der Waals surface area contributed by atoms with Crippen molar-refractivity contribution in [1.82, 2.24) is 4.98 Å². The predicted molar refractivity (Wildman–Crippen MR) is 103 cm³/mol. The fourth-order valence-corrected chi connectivity index (χ4v) is 3.07. The van der Waals surface area contributed by atoms with Gasteiger partial charge in [0.05, 0.1) is 16.1 Å². The second-order valence-corrected chi connectivity index (χ2v) is 6.52. The van der Waals surface area contributed by atoms with Gasteiger partial charge in [-0.05, 0) is 42.5 Å². The number of aromatic nitrogens is 1. The van der Waals surface area contributed by atoms with E-state index in [2.05, 4.69) is 4.98 Å². The Morgan fingerprint density at radius 1 is 1.04 bits per heavy atom. The molecule has 0 saturated heterocycles.